The Labute approximate surface area is 186 Å². The van der Waals surface area contributed by atoms with Gasteiger partial charge in [0.15, 0.2) is 6.61 Å². The number of hydrogen-bond donors (Lipinski definition) is 2. The average molecular weight is 437 g/mol. The van der Waals surface area contributed by atoms with Crippen molar-refractivity contribution in [3.63, 3.8) is 0 Å². The number of fused-ring (bicyclic) bond motifs is 1. The molecule has 0 aromatic heterocycles. The summed E-state index contributed by atoms with van der Waals surface area (Å²) < 4.78 is 5.05. The van der Waals surface area contributed by atoms with Gasteiger partial charge in [-0.3, -0.25) is 19.3 Å². The molecule has 1 saturated heterocycles. The lowest BCUT2D eigenvalue weighted by atomic mass is 9.98. The number of nitrogens with zero attached hydrogens (tertiary/aromatic N) is 1. The minimum absolute atomic E-state index is 0.0563. The van der Waals surface area contributed by atoms with Crippen molar-refractivity contribution >= 4 is 34.6 Å². The number of carbonyl (C=O) groups is 4. The van der Waals surface area contributed by atoms with Crippen molar-refractivity contribution in [2.75, 3.05) is 13.2 Å². The zero-order chi connectivity index (χ0) is 22.7. The lowest BCUT2D eigenvalue weighted by Crippen LogP contribution is -2.44. The maximum Gasteiger partial charge on any atom is 0.325 e. The number of imide groups is 1. The van der Waals surface area contributed by atoms with Crippen LogP contribution in [0.1, 0.15) is 50.6 Å². The van der Waals surface area contributed by atoms with E-state index in [0.717, 1.165) is 34.1 Å². The molecule has 2 aromatic rings. The van der Waals surface area contributed by atoms with E-state index in [1.807, 2.05) is 49.4 Å². The molecule has 1 saturated carbocycles. The number of benzene rings is 2. The summed E-state index contributed by atoms with van der Waals surface area (Å²) in [5.41, 5.74) is 0.181. The number of hydrogen-bond acceptors (Lipinski definition) is 5. The number of rotatable bonds is 7. The molecule has 2 N–H and O–H groups in total. The van der Waals surface area contributed by atoms with Crippen LogP contribution >= 0.6 is 0 Å². The molecule has 1 heterocycles. The first-order valence-electron chi connectivity index (χ1n) is 11.0. The van der Waals surface area contributed by atoms with E-state index >= 15 is 0 Å². The van der Waals surface area contributed by atoms with Crippen LogP contribution in [0.25, 0.3) is 10.8 Å². The molecular formula is C24H27N3O5. The van der Waals surface area contributed by atoms with Crippen molar-refractivity contribution in [3.05, 3.63) is 48.0 Å². The molecule has 168 valence electrons. The number of ether oxygens (including phenoxy) is 1. The third kappa shape index (κ3) is 4.30. The summed E-state index contributed by atoms with van der Waals surface area (Å²) in [7, 11) is 0. The van der Waals surface area contributed by atoms with Gasteiger partial charge in [-0.2, -0.15) is 0 Å². The topological polar surface area (TPSA) is 105 Å². The quantitative estimate of drug-likeness (QED) is 0.512. The molecule has 2 aliphatic rings. The summed E-state index contributed by atoms with van der Waals surface area (Å²) in [4.78, 5) is 50.2. The fourth-order valence-corrected chi connectivity index (χ4v) is 4.61. The first-order valence-corrected chi connectivity index (χ1v) is 11.0. The third-order valence-electron chi connectivity index (χ3n) is 6.27. The highest BCUT2D eigenvalue weighted by atomic mass is 16.5. The van der Waals surface area contributed by atoms with Crippen molar-refractivity contribution < 1.29 is 23.9 Å². The highest BCUT2D eigenvalue weighted by Crippen LogP contribution is 2.35. The molecule has 2 fully saturated rings. The van der Waals surface area contributed by atoms with Crippen LogP contribution < -0.4 is 10.6 Å². The Hall–Kier alpha value is -3.42. The molecule has 1 spiro atoms. The van der Waals surface area contributed by atoms with Crippen LogP contribution in [-0.4, -0.2) is 47.4 Å². The minimum atomic E-state index is -0.793. The Kier molecular flexibility index (Phi) is 6.12. The fraction of sp³-hybridized carbons (Fsp3) is 0.417. The predicted molar refractivity (Wildman–Crippen MR) is 118 cm³/mol. The third-order valence-corrected chi connectivity index (χ3v) is 6.27. The smallest absolute Gasteiger partial charge is 0.325 e. The van der Waals surface area contributed by atoms with Crippen LogP contribution in [0.5, 0.6) is 0 Å². The summed E-state index contributed by atoms with van der Waals surface area (Å²) in [5.74, 6) is -1.32. The van der Waals surface area contributed by atoms with Gasteiger partial charge in [0.25, 0.3) is 11.8 Å². The average Bonchev–Trinajstić information content (AvgIpc) is 3.35. The second-order valence-corrected chi connectivity index (χ2v) is 8.44. The van der Waals surface area contributed by atoms with Gasteiger partial charge < -0.3 is 15.4 Å². The summed E-state index contributed by atoms with van der Waals surface area (Å²) in [6, 6.07) is 13.1. The van der Waals surface area contributed by atoms with E-state index in [1.165, 1.54) is 0 Å². The molecule has 0 unspecified atom stereocenters. The first kappa shape index (κ1) is 21.8. The van der Waals surface area contributed by atoms with Gasteiger partial charge in [0.05, 0.1) is 12.5 Å². The highest BCUT2D eigenvalue weighted by Gasteiger charge is 2.52. The van der Waals surface area contributed by atoms with Crippen molar-refractivity contribution in [3.8, 4) is 0 Å². The molecule has 4 amide bonds. The van der Waals surface area contributed by atoms with Crippen molar-refractivity contribution in [2.24, 2.45) is 0 Å². The van der Waals surface area contributed by atoms with Gasteiger partial charge in [0, 0.05) is 6.54 Å². The SMILES string of the molecule is C[C@H](NC(=O)COC(=O)CCN1C(=O)NC2(CCCC2)C1=O)c1cccc2ccccc12. The molecule has 2 aromatic carbocycles. The van der Waals surface area contributed by atoms with Gasteiger partial charge in [0.2, 0.25) is 0 Å². The second-order valence-electron chi connectivity index (χ2n) is 8.44. The number of nitrogens with one attached hydrogen (secondary N) is 2. The summed E-state index contributed by atoms with van der Waals surface area (Å²) >= 11 is 0. The predicted octanol–water partition coefficient (Wildman–Crippen LogP) is 2.81. The first-order chi connectivity index (χ1) is 15.4. The van der Waals surface area contributed by atoms with Crippen molar-refractivity contribution in [1.82, 2.24) is 15.5 Å². The van der Waals surface area contributed by atoms with Gasteiger partial charge >= 0.3 is 12.0 Å². The minimum Gasteiger partial charge on any atom is -0.456 e. The Morgan fingerprint density at radius 3 is 2.62 bits per heavy atom. The summed E-state index contributed by atoms with van der Waals surface area (Å²) in [6.07, 6.45) is 2.91. The molecule has 8 heteroatoms. The Morgan fingerprint density at radius 1 is 1.12 bits per heavy atom. The van der Waals surface area contributed by atoms with Crippen LogP contribution in [0.15, 0.2) is 42.5 Å². The number of esters is 1. The van der Waals surface area contributed by atoms with Gasteiger partial charge in [-0.1, -0.05) is 55.3 Å². The largest absolute Gasteiger partial charge is 0.456 e. The Morgan fingerprint density at radius 2 is 1.84 bits per heavy atom. The van der Waals surface area contributed by atoms with Gasteiger partial charge in [0.1, 0.15) is 5.54 Å². The van der Waals surface area contributed by atoms with E-state index in [2.05, 4.69) is 10.6 Å². The van der Waals surface area contributed by atoms with E-state index < -0.39 is 30.1 Å². The Balaban J connectivity index is 1.25. The number of amides is 4. The molecular weight excluding hydrogens is 410 g/mol. The summed E-state index contributed by atoms with van der Waals surface area (Å²) in [5, 5.41) is 7.75. The molecule has 8 nitrogen and oxygen atoms in total. The standard InChI is InChI=1S/C24H27N3O5/c1-16(18-10-6-8-17-7-2-3-9-19(17)18)25-20(28)15-32-21(29)11-14-27-22(30)24(26-23(27)31)12-4-5-13-24/h2-3,6-10,16H,4-5,11-15H2,1H3,(H,25,28)(H,26,31)/t16-/m0/s1. The van der Waals surface area contributed by atoms with Crippen molar-refractivity contribution in [1.29, 1.82) is 0 Å². The highest BCUT2D eigenvalue weighted by molar-refractivity contribution is 6.07. The maximum absolute atomic E-state index is 12.6. The molecule has 1 aliphatic heterocycles. The second kappa shape index (κ2) is 8.98. The van der Waals surface area contributed by atoms with E-state index in [0.29, 0.717) is 12.8 Å². The van der Waals surface area contributed by atoms with E-state index in [4.69, 9.17) is 4.74 Å². The van der Waals surface area contributed by atoms with Gasteiger partial charge in [-0.25, -0.2) is 4.79 Å². The molecule has 0 bridgehead atoms. The van der Waals surface area contributed by atoms with Crippen LogP contribution in [0.2, 0.25) is 0 Å². The zero-order valence-corrected chi connectivity index (χ0v) is 18.1. The van der Waals surface area contributed by atoms with E-state index in [-0.39, 0.29) is 24.9 Å². The van der Waals surface area contributed by atoms with Crippen molar-refractivity contribution in [2.45, 2.75) is 50.6 Å². The zero-order valence-electron chi connectivity index (χ0n) is 18.1. The van der Waals surface area contributed by atoms with Crippen LogP contribution in [-0.2, 0) is 19.1 Å². The monoisotopic (exact) mass is 437 g/mol. The summed E-state index contributed by atoms with van der Waals surface area (Å²) in [6.45, 7) is 1.40. The van der Waals surface area contributed by atoms with Crippen LogP contribution in [0, 0.1) is 0 Å². The molecule has 0 radical (unpaired) electrons. The molecule has 1 aliphatic carbocycles. The Bertz CT molecular complexity index is 1060. The number of carbonyl (C=O) groups excluding carboxylic acids is 4. The maximum atomic E-state index is 12.6. The van der Waals surface area contributed by atoms with E-state index in [1.54, 1.807) is 0 Å². The van der Waals surface area contributed by atoms with Gasteiger partial charge in [-0.05, 0) is 36.1 Å². The lowest BCUT2D eigenvalue weighted by Gasteiger charge is -2.19. The fourth-order valence-electron chi connectivity index (χ4n) is 4.61. The van der Waals surface area contributed by atoms with Crippen LogP contribution in [0.3, 0.4) is 0 Å². The number of urea groups is 1. The lowest BCUT2D eigenvalue weighted by molar-refractivity contribution is -0.149. The van der Waals surface area contributed by atoms with Gasteiger partial charge in [-0.15, -0.1) is 0 Å². The normalized spacial score (nSPS) is 18.1. The molecule has 4 rings (SSSR count). The molecule has 1 atom stereocenters. The van der Waals surface area contributed by atoms with Crippen LogP contribution in [0.4, 0.5) is 4.79 Å². The van der Waals surface area contributed by atoms with E-state index in [9.17, 15) is 19.2 Å². The molecule has 32 heavy (non-hydrogen) atoms.